The molecule has 1 aliphatic carbocycles. The van der Waals surface area contributed by atoms with Crippen LogP contribution in [0.25, 0.3) is 0 Å². The van der Waals surface area contributed by atoms with Crippen molar-refractivity contribution in [3.05, 3.63) is 0 Å². The van der Waals surface area contributed by atoms with E-state index < -0.39 is 0 Å². The van der Waals surface area contributed by atoms with Gasteiger partial charge in [-0.2, -0.15) is 11.8 Å². The summed E-state index contributed by atoms with van der Waals surface area (Å²) < 4.78 is 5.72. The van der Waals surface area contributed by atoms with Crippen LogP contribution >= 0.6 is 11.8 Å². The highest BCUT2D eigenvalue weighted by atomic mass is 32.2. The average molecular weight is 243 g/mol. The Morgan fingerprint density at radius 1 is 1.44 bits per heavy atom. The van der Waals surface area contributed by atoms with E-state index >= 15 is 0 Å². The highest BCUT2D eigenvalue weighted by Gasteiger charge is 2.34. The molecule has 16 heavy (non-hydrogen) atoms. The van der Waals surface area contributed by atoms with Gasteiger partial charge in [0.25, 0.3) is 0 Å². The van der Waals surface area contributed by atoms with Gasteiger partial charge in [0.15, 0.2) is 0 Å². The lowest BCUT2D eigenvalue weighted by Crippen LogP contribution is -2.42. The van der Waals surface area contributed by atoms with Crippen LogP contribution < -0.4 is 5.32 Å². The second-order valence-corrected chi connectivity index (χ2v) is 6.65. The van der Waals surface area contributed by atoms with Crippen LogP contribution in [-0.2, 0) is 4.74 Å². The molecule has 2 rings (SSSR count). The number of thioether (sulfide) groups is 1. The lowest BCUT2D eigenvalue weighted by atomic mass is 9.80. The molecule has 3 heteroatoms. The molecule has 1 atom stereocenters. The van der Waals surface area contributed by atoms with Gasteiger partial charge >= 0.3 is 0 Å². The molecule has 0 aromatic heterocycles. The highest BCUT2D eigenvalue weighted by Crippen LogP contribution is 2.34. The lowest BCUT2D eigenvalue weighted by molar-refractivity contribution is -0.00892. The molecule has 94 valence electrons. The summed E-state index contributed by atoms with van der Waals surface area (Å²) in [5, 5.41) is 3.70. The monoisotopic (exact) mass is 243 g/mol. The van der Waals surface area contributed by atoms with Crippen LogP contribution in [0.1, 0.15) is 39.0 Å². The first kappa shape index (κ1) is 12.7. The minimum Gasteiger partial charge on any atom is -0.381 e. The molecule has 1 saturated heterocycles. The highest BCUT2D eigenvalue weighted by molar-refractivity contribution is 7.99. The van der Waals surface area contributed by atoms with Crippen molar-refractivity contribution in [2.24, 2.45) is 5.41 Å². The van der Waals surface area contributed by atoms with Crippen LogP contribution in [-0.4, -0.2) is 37.3 Å². The van der Waals surface area contributed by atoms with Gasteiger partial charge in [-0.3, -0.25) is 0 Å². The van der Waals surface area contributed by atoms with E-state index in [1.807, 2.05) is 0 Å². The maximum Gasteiger partial charge on any atom is 0.0534 e. The summed E-state index contributed by atoms with van der Waals surface area (Å²) in [7, 11) is 0. The third-order valence-corrected chi connectivity index (χ3v) is 4.63. The van der Waals surface area contributed by atoms with Crippen molar-refractivity contribution in [3.63, 3.8) is 0 Å². The molecule has 2 aliphatic rings. The molecule has 1 unspecified atom stereocenters. The predicted molar refractivity (Wildman–Crippen MR) is 71.1 cm³/mol. The van der Waals surface area contributed by atoms with Gasteiger partial charge in [-0.15, -0.1) is 0 Å². The molecule has 0 spiro atoms. The largest absolute Gasteiger partial charge is 0.381 e. The van der Waals surface area contributed by atoms with Crippen LogP contribution in [0.3, 0.4) is 0 Å². The summed E-state index contributed by atoms with van der Waals surface area (Å²) in [6.45, 7) is 5.39. The van der Waals surface area contributed by atoms with Crippen LogP contribution in [0.15, 0.2) is 0 Å². The second-order valence-electron chi connectivity index (χ2n) is 5.26. The van der Waals surface area contributed by atoms with E-state index in [9.17, 15) is 0 Å². The fraction of sp³-hybridized carbons (Fsp3) is 1.00. The Labute approximate surface area is 104 Å². The zero-order chi connectivity index (χ0) is 11.3. The zero-order valence-electron chi connectivity index (χ0n) is 10.5. The van der Waals surface area contributed by atoms with E-state index in [0.717, 1.165) is 19.3 Å². The van der Waals surface area contributed by atoms with Crippen molar-refractivity contribution in [2.75, 3.05) is 31.3 Å². The fourth-order valence-electron chi connectivity index (χ4n) is 2.42. The maximum absolute atomic E-state index is 5.72. The molecule has 2 fully saturated rings. The molecule has 1 aliphatic heterocycles. The van der Waals surface area contributed by atoms with Crippen LogP contribution in [0.5, 0.6) is 0 Å². The molecule has 0 amide bonds. The van der Waals surface area contributed by atoms with Crippen molar-refractivity contribution in [1.29, 1.82) is 0 Å². The van der Waals surface area contributed by atoms with E-state index in [4.69, 9.17) is 4.74 Å². The number of hydrogen-bond donors (Lipinski definition) is 1. The molecule has 2 nitrogen and oxygen atoms in total. The summed E-state index contributed by atoms with van der Waals surface area (Å²) in [6, 6.07) is 0.831. The number of rotatable bonds is 7. The maximum atomic E-state index is 5.72. The Morgan fingerprint density at radius 3 is 2.94 bits per heavy atom. The molecule has 1 heterocycles. The first-order valence-corrected chi connectivity index (χ1v) is 7.89. The van der Waals surface area contributed by atoms with Crippen molar-refractivity contribution in [2.45, 2.75) is 45.1 Å². The first-order chi connectivity index (χ1) is 7.85. The van der Waals surface area contributed by atoms with E-state index in [2.05, 4.69) is 24.0 Å². The van der Waals surface area contributed by atoms with Crippen LogP contribution in [0.2, 0.25) is 0 Å². The van der Waals surface area contributed by atoms with Gasteiger partial charge in [0.2, 0.25) is 0 Å². The number of nitrogens with one attached hydrogen (secondary N) is 1. The summed E-state index contributed by atoms with van der Waals surface area (Å²) in [4.78, 5) is 0. The summed E-state index contributed by atoms with van der Waals surface area (Å²) in [6.07, 6.45) is 6.71. The number of hydrogen-bond acceptors (Lipinski definition) is 3. The normalized spacial score (nSPS) is 30.6. The summed E-state index contributed by atoms with van der Waals surface area (Å²) >= 11 is 2.07. The predicted octanol–water partition coefficient (Wildman–Crippen LogP) is 2.68. The minimum absolute atomic E-state index is 0.447. The minimum atomic E-state index is 0.447. The average Bonchev–Trinajstić information content (AvgIpc) is 3.12. The van der Waals surface area contributed by atoms with E-state index in [1.54, 1.807) is 0 Å². The standard InChI is InChI=1S/C13H25NOS/c1-2-16-9-7-13(6-3-8-15-11-13)10-14-12-4-5-12/h12,14H,2-11H2,1H3. The Kier molecular flexibility index (Phi) is 4.98. The summed E-state index contributed by atoms with van der Waals surface area (Å²) in [5.74, 6) is 2.54. The van der Waals surface area contributed by atoms with Crippen molar-refractivity contribution >= 4 is 11.8 Å². The Balaban J connectivity index is 1.77. The molecule has 0 aromatic rings. The van der Waals surface area contributed by atoms with Gasteiger partial charge in [-0.05, 0) is 43.6 Å². The van der Waals surface area contributed by atoms with Gasteiger partial charge in [-0.25, -0.2) is 0 Å². The zero-order valence-corrected chi connectivity index (χ0v) is 11.3. The molecule has 1 saturated carbocycles. The fourth-order valence-corrected chi connectivity index (χ4v) is 3.28. The van der Waals surface area contributed by atoms with E-state index in [1.165, 1.54) is 50.2 Å². The smallest absolute Gasteiger partial charge is 0.0534 e. The van der Waals surface area contributed by atoms with E-state index in [0.29, 0.717) is 5.41 Å². The molecule has 0 aromatic carbocycles. The van der Waals surface area contributed by atoms with Gasteiger partial charge < -0.3 is 10.1 Å². The van der Waals surface area contributed by atoms with Crippen LogP contribution in [0.4, 0.5) is 0 Å². The van der Waals surface area contributed by atoms with Gasteiger partial charge in [-0.1, -0.05) is 6.92 Å². The SMILES string of the molecule is CCSCCC1(CNC2CC2)CCCOC1. The lowest BCUT2D eigenvalue weighted by Gasteiger charge is -2.37. The van der Waals surface area contributed by atoms with Crippen molar-refractivity contribution < 1.29 is 4.74 Å². The molecule has 0 bridgehead atoms. The van der Waals surface area contributed by atoms with Crippen molar-refractivity contribution in [1.82, 2.24) is 5.32 Å². The second kappa shape index (κ2) is 6.27. The summed E-state index contributed by atoms with van der Waals surface area (Å²) in [5.41, 5.74) is 0.447. The van der Waals surface area contributed by atoms with E-state index in [-0.39, 0.29) is 0 Å². The molecule has 0 radical (unpaired) electrons. The Hall–Kier alpha value is 0.270. The quantitative estimate of drug-likeness (QED) is 0.695. The van der Waals surface area contributed by atoms with Crippen molar-refractivity contribution in [3.8, 4) is 0 Å². The number of ether oxygens (including phenoxy) is 1. The van der Waals surface area contributed by atoms with Gasteiger partial charge in [0.05, 0.1) is 6.61 Å². The third-order valence-electron chi connectivity index (χ3n) is 3.73. The topological polar surface area (TPSA) is 21.3 Å². The van der Waals surface area contributed by atoms with Gasteiger partial charge in [0.1, 0.15) is 0 Å². The van der Waals surface area contributed by atoms with Crippen LogP contribution in [0, 0.1) is 5.41 Å². The molecule has 1 N–H and O–H groups in total. The van der Waals surface area contributed by atoms with Gasteiger partial charge in [0, 0.05) is 24.6 Å². The third kappa shape index (κ3) is 3.94. The molecular weight excluding hydrogens is 218 g/mol. The first-order valence-electron chi connectivity index (χ1n) is 6.73. The molecular formula is C13H25NOS. The Morgan fingerprint density at radius 2 is 2.31 bits per heavy atom. The Bertz CT molecular complexity index is 200.